The van der Waals surface area contributed by atoms with E-state index < -0.39 is 23.2 Å². The first-order valence-corrected chi connectivity index (χ1v) is 9.54. The van der Waals surface area contributed by atoms with E-state index in [0.717, 1.165) is 37.2 Å². The Kier molecular flexibility index (Phi) is 3.58. The van der Waals surface area contributed by atoms with Crippen molar-refractivity contribution >= 4 is 10.9 Å². The molecular formula is C20H23F3N2O. The van der Waals surface area contributed by atoms with Crippen LogP contribution in [0.5, 0.6) is 5.75 Å². The molecular weight excluding hydrogens is 341 g/mol. The Morgan fingerprint density at radius 3 is 2.69 bits per heavy atom. The van der Waals surface area contributed by atoms with Gasteiger partial charge in [0.05, 0.1) is 12.6 Å². The molecule has 26 heavy (non-hydrogen) atoms. The number of nitrogens with zero attached hydrogens (tertiary/aromatic N) is 1. The number of hydrogen-bond acceptors (Lipinski definition) is 2. The molecule has 6 heteroatoms. The van der Waals surface area contributed by atoms with Crippen molar-refractivity contribution in [1.29, 1.82) is 0 Å². The Labute approximate surface area is 150 Å². The molecule has 6 rings (SSSR count). The van der Waals surface area contributed by atoms with Gasteiger partial charge in [-0.1, -0.05) is 13.3 Å². The molecule has 4 aliphatic rings. The first-order valence-electron chi connectivity index (χ1n) is 9.54. The summed E-state index contributed by atoms with van der Waals surface area (Å²) in [6.07, 6.45) is 4.06. The van der Waals surface area contributed by atoms with Crippen LogP contribution in [0.1, 0.15) is 43.4 Å². The molecule has 140 valence electrons. The largest absolute Gasteiger partial charge is 0.491 e. The van der Waals surface area contributed by atoms with Crippen LogP contribution in [0.2, 0.25) is 0 Å². The third kappa shape index (κ3) is 1.99. The predicted octanol–water partition coefficient (Wildman–Crippen LogP) is 4.35. The Morgan fingerprint density at radius 1 is 1.15 bits per heavy atom. The van der Waals surface area contributed by atoms with Crippen molar-refractivity contribution < 1.29 is 17.9 Å². The van der Waals surface area contributed by atoms with Gasteiger partial charge in [0.25, 0.3) is 0 Å². The summed E-state index contributed by atoms with van der Waals surface area (Å²) in [4.78, 5) is 5.65. The lowest BCUT2D eigenvalue weighted by molar-refractivity contribution is -0.0134. The third-order valence-electron chi connectivity index (χ3n) is 6.95. The van der Waals surface area contributed by atoms with Crippen LogP contribution in [0.25, 0.3) is 10.9 Å². The van der Waals surface area contributed by atoms with Gasteiger partial charge in [-0.2, -0.15) is 4.39 Å². The van der Waals surface area contributed by atoms with Crippen LogP contribution in [-0.2, 0) is 6.42 Å². The summed E-state index contributed by atoms with van der Waals surface area (Å²) in [7, 11) is 1.17. The summed E-state index contributed by atoms with van der Waals surface area (Å²) >= 11 is 0. The maximum absolute atomic E-state index is 15.0. The van der Waals surface area contributed by atoms with Crippen LogP contribution in [-0.4, -0.2) is 36.1 Å². The fraction of sp³-hybridized carbons (Fsp3) is 0.600. The molecule has 2 aromatic rings. The number of H-pyrrole nitrogens is 1. The first-order chi connectivity index (χ1) is 12.5. The topological polar surface area (TPSA) is 28.3 Å². The molecule has 4 bridgehead atoms. The Hall–Kier alpha value is -1.69. The average Bonchev–Trinajstić information content (AvgIpc) is 3.00. The second-order valence-electron chi connectivity index (χ2n) is 8.09. The third-order valence-corrected chi connectivity index (χ3v) is 6.95. The normalized spacial score (nSPS) is 32.6. The van der Waals surface area contributed by atoms with Crippen molar-refractivity contribution in [3.8, 4) is 5.75 Å². The number of ether oxygens (including phenoxy) is 1. The molecule has 3 fully saturated rings. The fourth-order valence-electron chi connectivity index (χ4n) is 5.98. The molecule has 2 unspecified atom stereocenters. The maximum atomic E-state index is 15.0. The van der Waals surface area contributed by atoms with Gasteiger partial charge in [0, 0.05) is 36.1 Å². The lowest BCUT2D eigenvalue weighted by Crippen LogP contribution is -2.56. The summed E-state index contributed by atoms with van der Waals surface area (Å²) < 4.78 is 48.6. The van der Waals surface area contributed by atoms with Gasteiger partial charge in [-0.25, -0.2) is 8.78 Å². The number of fused-ring (bicyclic) bond motifs is 4. The van der Waals surface area contributed by atoms with Gasteiger partial charge in [0.2, 0.25) is 5.82 Å². The van der Waals surface area contributed by atoms with Crippen molar-refractivity contribution in [2.75, 3.05) is 20.2 Å². The van der Waals surface area contributed by atoms with Crippen LogP contribution < -0.4 is 4.74 Å². The first kappa shape index (κ1) is 16.5. The summed E-state index contributed by atoms with van der Waals surface area (Å²) in [5.74, 6) is -2.23. The SMILES string of the molecule is CC[C@H]1C[C@@H]2C[C@H]3c4[nH]c5c(F)c(F)c(OC)c(F)c5c4CCN(C2)C13. The molecule has 2 saturated heterocycles. The molecule has 1 aliphatic carbocycles. The predicted molar refractivity (Wildman–Crippen MR) is 93.0 cm³/mol. The molecule has 0 amide bonds. The summed E-state index contributed by atoms with van der Waals surface area (Å²) in [6.45, 7) is 4.17. The highest BCUT2D eigenvalue weighted by Crippen LogP contribution is 2.51. The van der Waals surface area contributed by atoms with Crippen molar-refractivity contribution in [2.24, 2.45) is 11.8 Å². The number of benzene rings is 1. The zero-order valence-electron chi connectivity index (χ0n) is 15.0. The number of methoxy groups -OCH3 is 1. The van der Waals surface area contributed by atoms with E-state index in [4.69, 9.17) is 4.74 Å². The highest BCUT2D eigenvalue weighted by molar-refractivity contribution is 5.88. The Balaban J connectivity index is 1.75. The van der Waals surface area contributed by atoms with Crippen molar-refractivity contribution in [3.05, 3.63) is 28.7 Å². The van der Waals surface area contributed by atoms with Gasteiger partial charge in [-0.05, 0) is 36.7 Å². The van der Waals surface area contributed by atoms with E-state index in [0.29, 0.717) is 24.3 Å². The van der Waals surface area contributed by atoms with Crippen LogP contribution in [0.4, 0.5) is 13.2 Å². The van der Waals surface area contributed by atoms with E-state index in [9.17, 15) is 13.2 Å². The molecule has 1 N–H and O–H groups in total. The van der Waals surface area contributed by atoms with Crippen LogP contribution >= 0.6 is 0 Å². The number of aromatic amines is 1. The van der Waals surface area contributed by atoms with Crippen molar-refractivity contribution in [1.82, 2.24) is 9.88 Å². The number of halogens is 3. The van der Waals surface area contributed by atoms with E-state index in [1.54, 1.807) is 0 Å². The number of piperidine rings is 2. The molecule has 5 atom stereocenters. The summed E-state index contributed by atoms with van der Waals surface area (Å²) in [5.41, 5.74) is 1.68. The molecule has 0 spiro atoms. The zero-order valence-corrected chi connectivity index (χ0v) is 15.0. The standard InChI is InChI=1S/C20H23F3N2O/c1-3-10-6-9-7-12-17-11(4-5-25(8-9)19(10)12)13-14(21)20(26-2)16(23)15(22)18(13)24-17/h9-10,12,19,24H,3-8H2,1-2H3/t9-,10+,12+,19?/m1/s1. The summed E-state index contributed by atoms with van der Waals surface area (Å²) in [6, 6.07) is 0.414. The zero-order chi connectivity index (χ0) is 18.2. The van der Waals surface area contributed by atoms with Gasteiger partial charge in [-0.15, -0.1) is 0 Å². The highest BCUT2D eigenvalue weighted by atomic mass is 19.2. The van der Waals surface area contributed by atoms with Gasteiger partial charge in [0.15, 0.2) is 17.4 Å². The molecule has 4 heterocycles. The van der Waals surface area contributed by atoms with E-state index in [1.807, 2.05) is 0 Å². The number of hydrogen-bond donors (Lipinski definition) is 1. The van der Waals surface area contributed by atoms with Crippen molar-refractivity contribution in [3.63, 3.8) is 0 Å². The van der Waals surface area contributed by atoms with E-state index in [1.165, 1.54) is 13.5 Å². The van der Waals surface area contributed by atoms with Crippen molar-refractivity contribution in [2.45, 2.75) is 44.6 Å². The second-order valence-corrected chi connectivity index (χ2v) is 8.09. The summed E-state index contributed by atoms with van der Waals surface area (Å²) in [5, 5.41) is 0.174. The number of aromatic nitrogens is 1. The molecule has 1 aromatic heterocycles. The quantitative estimate of drug-likeness (QED) is 0.803. The Bertz CT molecular complexity index is 893. The number of rotatable bonds is 2. The fourth-order valence-corrected chi connectivity index (χ4v) is 5.98. The van der Waals surface area contributed by atoms with Crippen LogP contribution in [0, 0.1) is 29.3 Å². The van der Waals surface area contributed by atoms with E-state index in [2.05, 4.69) is 16.8 Å². The maximum Gasteiger partial charge on any atom is 0.205 e. The molecule has 0 radical (unpaired) electrons. The lowest BCUT2D eigenvalue weighted by Gasteiger charge is -2.53. The van der Waals surface area contributed by atoms with E-state index in [-0.39, 0.29) is 16.8 Å². The minimum absolute atomic E-state index is 0.0475. The molecule has 3 nitrogen and oxygen atoms in total. The van der Waals surface area contributed by atoms with E-state index >= 15 is 0 Å². The van der Waals surface area contributed by atoms with Gasteiger partial charge < -0.3 is 9.72 Å². The molecule has 1 aromatic carbocycles. The highest BCUT2D eigenvalue weighted by Gasteiger charge is 2.49. The minimum atomic E-state index is -1.26. The molecule has 1 saturated carbocycles. The number of nitrogens with one attached hydrogen (secondary N) is 1. The van der Waals surface area contributed by atoms with Crippen LogP contribution in [0.3, 0.4) is 0 Å². The van der Waals surface area contributed by atoms with Gasteiger partial charge in [0.1, 0.15) is 0 Å². The van der Waals surface area contributed by atoms with Gasteiger partial charge >= 0.3 is 0 Å². The van der Waals surface area contributed by atoms with Crippen LogP contribution in [0.15, 0.2) is 0 Å². The average molecular weight is 364 g/mol. The lowest BCUT2D eigenvalue weighted by atomic mass is 9.65. The minimum Gasteiger partial charge on any atom is -0.491 e. The smallest absolute Gasteiger partial charge is 0.205 e. The van der Waals surface area contributed by atoms with Gasteiger partial charge in [-0.3, -0.25) is 4.90 Å². The molecule has 3 aliphatic heterocycles. The second kappa shape index (κ2) is 5.65. The Morgan fingerprint density at radius 2 is 1.96 bits per heavy atom. The monoisotopic (exact) mass is 364 g/mol.